The summed E-state index contributed by atoms with van der Waals surface area (Å²) in [6.07, 6.45) is 6.77. The zero-order valence-electron chi connectivity index (χ0n) is 15.1. The van der Waals surface area contributed by atoms with Crippen LogP contribution in [0.2, 0.25) is 0 Å². The summed E-state index contributed by atoms with van der Waals surface area (Å²) in [6, 6.07) is 3.12. The number of aliphatic imine (C=N–C) groups is 1. The third-order valence-electron chi connectivity index (χ3n) is 4.05. The van der Waals surface area contributed by atoms with E-state index in [0.29, 0.717) is 12.5 Å². The first-order valence-electron chi connectivity index (χ1n) is 8.68. The van der Waals surface area contributed by atoms with Crippen molar-refractivity contribution in [2.75, 3.05) is 46.3 Å². The van der Waals surface area contributed by atoms with E-state index in [9.17, 15) is 8.42 Å². The molecule has 1 saturated heterocycles. The van der Waals surface area contributed by atoms with Gasteiger partial charge in [0.15, 0.2) is 5.96 Å². The van der Waals surface area contributed by atoms with Crippen molar-refractivity contribution in [1.82, 2.24) is 25.2 Å². The molecular formula is C16H29IN6O2S. The van der Waals surface area contributed by atoms with Crippen LogP contribution in [-0.2, 0) is 10.0 Å². The Morgan fingerprint density at radius 1 is 1.19 bits per heavy atom. The van der Waals surface area contributed by atoms with Crippen LogP contribution in [0.15, 0.2) is 34.4 Å². The van der Waals surface area contributed by atoms with Gasteiger partial charge in [-0.25, -0.2) is 13.1 Å². The molecule has 0 saturated carbocycles. The molecule has 0 bridgehead atoms. The predicted octanol–water partition coefficient (Wildman–Crippen LogP) is 0.629. The largest absolute Gasteiger partial charge is 0.355 e. The molecule has 148 valence electrons. The number of hydrogen-bond acceptors (Lipinski definition) is 5. The molecule has 2 rings (SSSR count). The molecular weight excluding hydrogens is 467 g/mol. The van der Waals surface area contributed by atoms with E-state index >= 15 is 0 Å². The van der Waals surface area contributed by atoms with E-state index in [0.717, 1.165) is 13.1 Å². The summed E-state index contributed by atoms with van der Waals surface area (Å²) < 4.78 is 26.7. The van der Waals surface area contributed by atoms with Crippen LogP contribution in [0.5, 0.6) is 0 Å². The van der Waals surface area contributed by atoms with E-state index in [1.165, 1.54) is 44.6 Å². The molecule has 2 heterocycles. The first-order chi connectivity index (χ1) is 12.1. The summed E-state index contributed by atoms with van der Waals surface area (Å²) in [6.45, 7) is 4.87. The van der Waals surface area contributed by atoms with Crippen LogP contribution in [0.25, 0.3) is 0 Å². The number of piperidine rings is 1. The predicted molar refractivity (Wildman–Crippen MR) is 114 cm³/mol. The minimum atomic E-state index is -3.52. The van der Waals surface area contributed by atoms with Crippen LogP contribution >= 0.6 is 24.0 Å². The SMILES string of the molecule is CN=C(NCCNS(=O)(=O)c1cccnc1)NCCN1CCCCC1.I. The lowest BCUT2D eigenvalue weighted by Crippen LogP contribution is -2.44. The molecule has 0 atom stereocenters. The van der Waals surface area contributed by atoms with Gasteiger partial charge < -0.3 is 15.5 Å². The first-order valence-corrected chi connectivity index (χ1v) is 10.2. The van der Waals surface area contributed by atoms with Gasteiger partial charge in [-0.2, -0.15) is 0 Å². The van der Waals surface area contributed by atoms with Gasteiger partial charge >= 0.3 is 0 Å². The third-order valence-corrected chi connectivity index (χ3v) is 5.49. The normalized spacial score (nSPS) is 16.0. The van der Waals surface area contributed by atoms with Crippen molar-refractivity contribution in [3.8, 4) is 0 Å². The Balaban J connectivity index is 0.00000338. The van der Waals surface area contributed by atoms with Gasteiger partial charge in [-0.15, -0.1) is 24.0 Å². The van der Waals surface area contributed by atoms with Gasteiger partial charge in [-0.1, -0.05) is 6.42 Å². The number of guanidine groups is 1. The smallest absolute Gasteiger partial charge is 0.242 e. The second kappa shape index (κ2) is 12.4. The molecule has 1 aromatic rings. The molecule has 0 radical (unpaired) electrons. The van der Waals surface area contributed by atoms with Crippen molar-refractivity contribution >= 4 is 40.0 Å². The Morgan fingerprint density at radius 2 is 1.92 bits per heavy atom. The van der Waals surface area contributed by atoms with Gasteiger partial charge in [-0.3, -0.25) is 9.98 Å². The van der Waals surface area contributed by atoms with Crippen molar-refractivity contribution in [3.05, 3.63) is 24.5 Å². The summed E-state index contributed by atoms with van der Waals surface area (Å²) >= 11 is 0. The Labute approximate surface area is 173 Å². The second-order valence-corrected chi connectivity index (χ2v) is 7.68. The van der Waals surface area contributed by atoms with Crippen molar-refractivity contribution < 1.29 is 8.42 Å². The fraction of sp³-hybridized carbons (Fsp3) is 0.625. The van der Waals surface area contributed by atoms with Crippen LogP contribution in [-0.4, -0.2) is 70.6 Å². The van der Waals surface area contributed by atoms with Gasteiger partial charge in [0.2, 0.25) is 10.0 Å². The topological polar surface area (TPSA) is 98.7 Å². The van der Waals surface area contributed by atoms with Gasteiger partial charge in [-0.05, 0) is 38.1 Å². The highest BCUT2D eigenvalue weighted by Gasteiger charge is 2.13. The zero-order valence-corrected chi connectivity index (χ0v) is 18.3. The molecule has 0 spiro atoms. The lowest BCUT2D eigenvalue weighted by molar-refractivity contribution is 0.232. The molecule has 26 heavy (non-hydrogen) atoms. The monoisotopic (exact) mass is 496 g/mol. The average molecular weight is 496 g/mol. The molecule has 1 fully saturated rings. The molecule has 10 heteroatoms. The van der Waals surface area contributed by atoms with Gasteiger partial charge in [0.25, 0.3) is 0 Å². The minimum absolute atomic E-state index is 0. The highest BCUT2D eigenvalue weighted by molar-refractivity contribution is 14.0. The number of nitrogens with zero attached hydrogens (tertiary/aromatic N) is 3. The van der Waals surface area contributed by atoms with Gasteiger partial charge in [0.05, 0.1) is 0 Å². The summed E-state index contributed by atoms with van der Waals surface area (Å²) in [5.74, 6) is 0.678. The lowest BCUT2D eigenvalue weighted by Gasteiger charge is -2.26. The zero-order chi connectivity index (χ0) is 18.0. The van der Waals surface area contributed by atoms with E-state index in [2.05, 4.69) is 30.2 Å². The molecule has 0 unspecified atom stereocenters. The van der Waals surface area contributed by atoms with Crippen molar-refractivity contribution in [3.63, 3.8) is 0 Å². The first kappa shape index (κ1) is 23.1. The van der Waals surface area contributed by atoms with E-state index in [1.54, 1.807) is 19.3 Å². The minimum Gasteiger partial charge on any atom is -0.355 e. The van der Waals surface area contributed by atoms with E-state index < -0.39 is 10.0 Å². The highest BCUT2D eigenvalue weighted by atomic mass is 127. The lowest BCUT2D eigenvalue weighted by atomic mass is 10.1. The number of hydrogen-bond donors (Lipinski definition) is 3. The standard InChI is InChI=1S/C16H28N6O2S.HI/c1-17-16(20-10-13-22-11-3-2-4-12-22)19-8-9-21-25(23,24)15-6-5-7-18-14-15;/h5-7,14,21H,2-4,8-13H2,1H3,(H2,17,19,20);1H. The number of nitrogens with one attached hydrogen (secondary N) is 3. The number of sulfonamides is 1. The maximum Gasteiger partial charge on any atom is 0.242 e. The van der Waals surface area contributed by atoms with Crippen molar-refractivity contribution in [2.45, 2.75) is 24.2 Å². The quantitative estimate of drug-likeness (QED) is 0.212. The Hall–Kier alpha value is -0.980. The Kier molecular flexibility index (Phi) is 11.0. The molecule has 0 aromatic carbocycles. The second-order valence-electron chi connectivity index (χ2n) is 5.91. The number of aromatic nitrogens is 1. The molecule has 1 aliphatic heterocycles. The molecule has 0 amide bonds. The fourth-order valence-corrected chi connectivity index (χ4v) is 3.69. The third kappa shape index (κ3) is 8.14. The summed E-state index contributed by atoms with van der Waals surface area (Å²) in [5.41, 5.74) is 0. The molecule has 0 aliphatic carbocycles. The van der Waals surface area contributed by atoms with E-state index in [1.807, 2.05) is 0 Å². The van der Waals surface area contributed by atoms with E-state index in [4.69, 9.17) is 0 Å². The Bertz CT molecular complexity index is 635. The molecule has 1 aromatic heterocycles. The van der Waals surface area contributed by atoms with Gasteiger partial charge in [0.1, 0.15) is 4.90 Å². The number of rotatable bonds is 8. The summed E-state index contributed by atoms with van der Waals surface area (Å²) in [5, 5.41) is 6.37. The van der Waals surface area contributed by atoms with Crippen LogP contribution in [0.4, 0.5) is 0 Å². The maximum absolute atomic E-state index is 12.1. The van der Waals surface area contributed by atoms with Crippen LogP contribution in [0, 0.1) is 0 Å². The van der Waals surface area contributed by atoms with Crippen LogP contribution in [0.1, 0.15) is 19.3 Å². The van der Waals surface area contributed by atoms with Crippen molar-refractivity contribution in [2.24, 2.45) is 4.99 Å². The summed E-state index contributed by atoms with van der Waals surface area (Å²) in [7, 11) is -1.81. The Morgan fingerprint density at radius 3 is 2.58 bits per heavy atom. The number of pyridine rings is 1. The fourth-order valence-electron chi connectivity index (χ4n) is 2.69. The molecule has 1 aliphatic rings. The average Bonchev–Trinajstić information content (AvgIpc) is 2.65. The highest BCUT2D eigenvalue weighted by Crippen LogP contribution is 2.07. The van der Waals surface area contributed by atoms with Crippen molar-refractivity contribution in [1.29, 1.82) is 0 Å². The van der Waals surface area contributed by atoms with E-state index in [-0.39, 0.29) is 35.4 Å². The van der Waals surface area contributed by atoms with Crippen LogP contribution < -0.4 is 15.4 Å². The maximum atomic E-state index is 12.1. The number of likely N-dealkylation sites (tertiary alicyclic amines) is 1. The molecule has 8 nitrogen and oxygen atoms in total. The number of halogens is 1. The summed E-state index contributed by atoms with van der Waals surface area (Å²) in [4.78, 5) is 10.6. The molecule has 3 N–H and O–H groups in total. The van der Waals surface area contributed by atoms with Crippen LogP contribution in [0.3, 0.4) is 0 Å². The van der Waals surface area contributed by atoms with Gasteiger partial charge in [0, 0.05) is 45.6 Å².